The average Bonchev–Trinajstić information content (AvgIpc) is 2.82. The maximum Gasteiger partial charge on any atom is 0.270 e. The predicted octanol–water partition coefficient (Wildman–Crippen LogP) is 3.35. The fourth-order valence-corrected chi connectivity index (χ4v) is 3.86. The third kappa shape index (κ3) is 4.94. The number of nitrogens with zero attached hydrogens (tertiary/aromatic N) is 2. The Balaban J connectivity index is 1.37. The summed E-state index contributed by atoms with van der Waals surface area (Å²) in [6.07, 6.45) is 4.08. The molecular weight excluding hydrogens is 414 g/mol. The van der Waals surface area contributed by atoms with Gasteiger partial charge in [-0.15, -0.1) is 0 Å². The van der Waals surface area contributed by atoms with Crippen LogP contribution in [0.15, 0.2) is 48.5 Å². The lowest BCUT2D eigenvalue weighted by molar-refractivity contribution is -0.385. The molecule has 2 heterocycles. The van der Waals surface area contributed by atoms with Crippen molar-refractivity contribution in [3.63, 3.8) is 0 Å². The van der Waals surface area contributed by atoms with Crippen molar-refractivity contribution in [3.05, 3.63) is 69.8 Å². The Morgan fingerprint density at radius 1 is 1.16 bits per heavy atom. The highest BCUT2D eigenvalue weighted by Gasteiger charge is 2.27. The lowest BCUT2D eigenvalue weighted by Crippen LogP contribution is -2.40. The van der Waals surface area contributed by atoms with Crippen LogP contribution in [0.3, 0.4) is 0 Å². The highest BCUT2D eigenvalue weighted by molar-refractivity contribution is 5.94. The van der Waals surface area contributed by atoms with Crippen molar-refractivity contribution in [3.8, 4) is 5.75 Å². The zero-order valence-corrected chi connectivity index (χ0v) is 17.4. The molecule has 2 aromatic carbocycles. The molecule has 0 radical (unpaired) electrons. The SMILES string of the molecule is O=C(Nc1ccccc1)C1CCN(C(=O)/C=C\c2cc([N+](=O)[O-])cc3c2OCOC3)CC1. The molecule has 0 atom stereocenters. The van der Waals surface area contributed by atoms with Crippen LogP contribution < -0.4 is 10.1 Å². The third-order valence-electron chi connectivity index (χ3n) is 5.56. The number of carbonyl (C=O) groups excluding carboxylic acids is 2. The van der Waals surface area contributed by atoms with Crippen LogP contribution in [0.5, 0.6) is 5.75 Å². The van der Waals surface area contributed by atoms with Gasteiger partial charge in [-0.25, -0.2) is 0 Å². The smallest absolute Gasteiger partial charge is 0.270 e. The first kappa shape index (κ1) is 21.5. The molecule has 1 fully saturated rings. The Bertz CT molecular complexity index is 1050. The fraction of sp³-hybridized carbons (Fsp3) is 0.304. The van der Waals surface area contributed by atoms with E-state index in [-0.39, 0.29) is 36.8 Å². The minimum Gasteiger partial charge on any atom is -0.467 e. The quantitative estimate of drug-likeness (QED) is 0.436. The molecule has 1 N–H and O–H groups in total. The van der Waals surface area contributed by atoms with E-state index in [0.717, 1.165) is 5.69 Å². The van der Waals surface area contributed by atoms with Gasteiger partial charge in [0.05, 0.1) is 11.5 Å². The number of hydrogen-bond donors (Lipinski definition) is 1. The van der Waals surface area contributed by atoms with Crippen LogP contribution in [-0.2, 0) is 20.9 Å². The summed E-state index contributed by atoms with van der Waals surface area (Å²) in [6.45, 7) is 1.20. The molecule has 9 nitrogen and oxygen atoms in total. The largest absolute Gasteiger partial charge is 0.467 e. The van der Waals surface area contributed by atoms with Crippen LogP contribution in [-0.4, -0.2) is 41.5 Å². The molecule has 0 unspecified atom stereocenters. The lowest BCUT2D eigenvalue weighted by atomic mass is 9.95. The average molecular weight is 437 g/mol. The van der Waals surface area contributed by atoms with E-state index >= 15 is 0 Å². The van der Waals surface area contributed by atoms with E-state index in [4.69, 9.17) is 9.47 Å². The third-order valence-corrected chi connectivity index (χ3v) is 5.56. The number of likely N-dealkylation sites (tertiary alicyclic amines) is 1. The van der Waals surface area contributed by atoms with Crippen LogP contribution in [0.25, 0.3) is 6.08 Å². The molecule has 0 aromatic heterocycles. The molecule has 4 rings (SSSR count). The molecule has 32 heavy (non-hydrogen) atoms. The molecule has 0 bridgehead atoms. The number of fused-ring (bicyclic) bond motifs is 1. The Morgan fingerprint density at radius 3 is 2.62 bits per heavy atom. The van der Waals surface area contributed by atoms with Crippen LogP contribution in [0.4, 0.5) is 11.4 Å². The zero-order chi connectivity index (χ0) is 22.5. The highest BCUT2D eigenvalue weighted by atomic mass is 16.7. The molecule has 1 saturated heterocycles. The number of anilines is 1. The molecular formula is C23H23N3O6. The normalized spacial score (nSPS) is 16.3. The number of rotatable bonds is 5. The summed E-state index contributed by atoms with van der Waals surface area (Å²) < 4.78 is 10.7. The van der Waals surface area contributed by atoms with Gasteiger partial charge in [-0.3, -0.25) is 19.7 Å². The Labute approximate surface area is 184 Å². The maximum absolute atomic E-state index is 12.7. The summed E-state index contributed by atoms with van der Waals surface area (Å²) >= 11 is 0. The molecule has 0 spiro atoms. The van der Waals surface area contributed by atoms with Crippen LogP contribution in [0, 0.1) is 16.0 Å². The number of piperidine rings is 1. The molecule has 0 saturated carbocycles. The Kier molecular flexibility index (Phi) is 6.46. The van der Waals surface area contributed by atoms with Gasteiger partial charge in [-0.1, -0.05) is 18.2 Å². The van der Waals surface area contributed by atoms with Crippen LogP contribution in [0.1, 0.15) is 24.0 Å². The summed E-state index contributed by atoms with van der Waals surface area (Å²) in [7, 11) is 0. The fourth-order valence-electron chi connectivity index (χ4n) is 3.86. The lowest BCUT2D eigenvalue weighted by Gasteiger charge is -2.30. The number of para-hydroxylation sites is 1. The monoisotopic (exact) mass is 437 g/mol. The van der Waals surface area contributed by atoms with Crippen molar-refractivity contribution in [1.29, 1.82) is 0 Å². The first-order valence-corrected chi connectivity index (χ1v) is 10.4. The Hall–Kier alpha value is -3.72. The van der Waals surface area contributed by atoms with E-state index in [1.807, 2.05) is 30.3 Å². The van der Waals surface area contributed by atoms with E-state index in [0.29, 0.717) is 42.8 Å². The van der Waals surface area contributed by atoms with E-state index in [1.165, 1.54) is 24.3 Å². The number of amides is 2. The van der Waals surface area contributed by atoms with Gasteiger partial charge in [0.15, 0.2) is 6.79 Å². The molecule has 9 heteroatoms. The summed E-state index contributed by atoms with van der Waals surface area (Å²) in [5, 5.41) is 14.1. The highest BCUT2D eigenvalue weighted by Crippen LogP contribution is 2.33. The number of carbonyl (C=O) groups is 2. The first-order valence-electron chi connectivity index (χ1n) is 10.4. The van der Waals surface area contributed by atoms with E-state index in [9.17, 15) is 19.7 Å². The second-order valence-electron chi connectivity index (χ2n) is 7.68. The number of ether oxygens (including phenoxy) is 2. The number of nitrogens with one attached hydrogen (secondary N) is 1. The maximum atomic E-state index is 12.7. The Morgan fingerprint density at radius 2 is 1.91 bits per heavy atom. The van der Waals surface area contributed by atoms with Gasteiger partial charge in [0.2, 0.25) is 11.8 Å². The molecule has 2 amide bonds. The van der Waals surface area contributed by atoms with Gasteiger partial charge in [-0.2, -0.15) is 0 Å². The van der Waals surface area contributed by atoms with Gasteiger partial charge in [0.25, 0.3) is 5.69 Å². The number of nitro groups is 1. The minimum absolute atomic E-state index is 0.0403. The van der Waals surface area contributed by atoms with Gasteiger partial charge in [0.1, 0.15) is 5.75 Å². The van der Waals surface area contributed by atoms with E-state index in [2.05, 4.69) is 5.32 Å². The summed E-state index contributed by atoms with van der Waals surface area (Å²) in [6, 6.07) is 12.1. The van der Waals surface area contributed by atoms with Crippen molar-refractivity contribution < 1.29 is 24.0 Å². The standard InChI is InChI=1S/C23H23N3O6/c27-21(7-6-17-12-20(26(29)30)13-18-14-31-15-32-22(17)18)25-10-8-16(9-11-25)23(28)24-19-4-2-1-3-5-19/h1-7,12-13,16H,8-11,14-15H2,(H,24,28)/b7-6-. The van der Waals surface area contributed by atoms with Crippen molar-refractivity contribution in [1.82, 2.24) is 4.90 Å². The second-order valence-corrected chi connectivity index (χ2v) is 7.68. The summed E-state index contributed by atoms with van der Waals surface area (Å²) in [4.78, 5) is 37.5. The van der Waals surface area contributed by atoms with E-state index in [1.54, 1.807) is 4.90 Å². The molecule has 2 aliphatic heterocycles. The number of benzene rings is 2. The molecule has 0 aliphatic carbocycles. The van der Waals surface area contributed by atoms with Gasteiger partial charge >= 0.3 is 0 Å². The van der Waals surface area contributed by atoms with Gasteiger partial charge in [0, 0.05) is 54.0 Å². The zero-order valence-electron chi connectivity index (χ0n) is 17.4. The van der Waals surface area contributed by atoms with Gasteiger partial charge in [-0.05, 0) is 31.1 Å². The van der Waals surface area contributed by atoms with Crippen molar-refractivity contribution in [2.45, 2.75) is 19.4 Å². The summed E-state index contributed by atoms with van der Waals surface area (Å²) in [5.41, 5.74) is 1.70. The predicted molar refractivity (Wildman–Crippen MR) is 117 cm³/mol. The number of nitro benzene ring substituents is 1. The van der Waals surface area contributed by atoms with Crippen molar-refractivity contribution in [2.24, 2.45) is 5.92 Å². The minimum atomic E-state index is -0.487. The second kappa shape index (κ2) is 9.61. The van der Waals surface area contributed by atoms with Crippen molar-refractivity contribution >= 4 is 29.3 Å². The van der Waals surface area contributed by atoms with Crippen LogP contribution >= 0.6 is 0 Å². The number of hydrogen-bond acceptors (Lipinski definition) is 6. The van der Waals surface area contributed by atoms with Crippen molar-refractivity contribution in [2.75, 3.05) is 25.2 Å². The van der Waals surface area contributed by atoms with Crippen LogP contribution in [0.2, 0.25) is 0 Å². The molecule has 2 aromatic rings. The first-order chi connectivity index (χ1) is 15.5. The van der Waals surface area contributed by atoms with Gasteiger partial charge < -0.3 is 19.7 Å². The van der Waals surface area contributed by atoms with E-state index < -0.39 is 4.92 Å². The number of non-ortho nitro benzene ring substituents is 1. The molecule has 2 aliphatic rings. The summed E-state index contributed by atoms with van der Waals surface area (Å²) in [5.74, 6) is 0.0864. The topological polar surface area (TPSA) is 111 Å². The molecule has 166 valence electrons.